The van der Waals surface area contributed by atoms with E-state index in [0.29, 0.717) is 12.5 Å². The predicted molar refractivity (Wildman–Crippen MR) is 62.7 cm³/mol. The van der Waals surface area contributed by atoms with Crippen molar-refractivity contribution in [2.24, 2.45) is 5.92 Å². The zero-order chi connectivity index (χ0) is 11.3. The van der Waals surface area contributed by atoms with Gasteiger partial charge in [0.15, 0.2) is 0 Å². The van der Waals surface area contributed by atoms with Crippen molar-refractivity contribution >= 4 is 5.91 Å². The van der Waals surface area contributed by atoms with Crippen molar-refractivity contribution in [3.05, 3.63) is 0 Å². The van der Waals surface area contributed by atoms with E-state index in [-0.39, 0.29) is 5.91 Å². The summed E-state index contributed by atoms with van der Waals surface area (Å²) >= 11 is 0. The standard InChI is InChI=1S/C12H24N2O/c1-10(11-6-4-5-7-11)13-9-8-12(15)14(2)3/h10-11,13H,4-9H2,1-3H3/t10-/m0/s1. The molecule has 0 aromatic heterocycles. The quantitative estimate of drug-likeness (QED) is 0.751. The number of nitrogens with zero attached hydrogens (tertiary/aromatic N) is 1. The molecule has 1 rings (SSSR count). The van der Waals surface area contributed by atoms with Gasteiger partial charge in [-0.3, -0.25) is 4.79 Å². The summed E-state index contributed by atoms with van der Waals surface area (Å²) in [6.45, 7) is 3.06. The summed E-state index contributed by atoms with van der Waals surface area (Å²) in [5.74, 6) is 1.04. The topological polar surface area (TPSA) is 32.3 Å². The number of hydrogen-bond acceptors (Lipinski definition) is 2. The number of amides is 1. The van der Waals surface area contributed by atoms with Gasteiger partial charge in [0.25, 0.3) is 0 Å². The second-order valence-corrected chi connectivity index (χ2v) is 4.83. The van der Waals surface area contributed by atoms with Crippen LogP contribution in [0.3, 0.4) is 0 Å². The summed E-state index contributed by atoms with van der Waals surface area (Å²) in [6, 6.07) is 0.572. The molecule has 1 aliphatic carbocycles. The molecule has 0 aromatic rings. The molecule has 1 N–H and O–H groups in total. The zero-order valence-corrected chi connectivity index (χ0v) is 10.3. The van der Waals surface area contributed by atoms with Crippen molar-refractivity contribution in [3.63, 3.8) is 0 Å². The van der Waals surface area contributed by atoms with Gasteiger partial charge in [0.1, 0.15) is 0 Å². The second-order valence-electron chi connectivity index (χ2n) is 4.83. The fourth-order valence-electron chi connectivity index (χ4n) is 2.25. The van der Waals surface area contributed by atoms with E-state index in [2.05, 4.69) is 12.2 Å². The molecule has 3 heteroatoms. The van der Waals surface area contributed by atoms with E-state index in [9.17, 15) is 4.79 Å². The molecule has 3 nitrogen and oxygen atoms in total. The molecule has 1 fully saturated rings. The number of carbonyl (C=O) groups excluding carboxylic acids is 1. The maximum atomic E-state index is 11.3. The minimum Gasteiger partial charge on any atom is -0.349 e. The van der Waals surface area contributed by atoms with Gasteiger partial charge in [-0.2, -0.15) is 0 Å². The van der Waals surface area contributed by atoms with E-state index in [1.165, 1.54) is 25.7 Å². The van der Waals surface area contributed by atoms with E-state index >= 15 is 0 Å². The number of hydrogen-bond donors (Lipinski definition) is 1. The Hall–Kier alpha value is -0.570. The highest BCUT2D eigenvalue weighted by molar-refractivity contribution is 5.75. The van der Waals surface area contributed by atoms with E-state index in [4.69, 9.17) is 0 Å². The summed E-state index contributed by atoms with van der Waals surface area (Å²) in [5, 5.41) is 3.46. The van der Waals surface area contributed by atoms with Gasteiger partial charge < -0.3 is 10.2 Å². The SMILES string of the molecule is C[C@H](NCCC(=O)N(C)C)C1CCCC1. The third-order valence-electron chi connectivity index (χ3n) is 3.41. The molecule has 0 saturated heterocycles. The Bertz CT molecular complexity index is 198. The Morgan fingerprint density at radius 2 is 2.00 bits per heavy atom. The van der Waals surface area contributed by atoms with Gasteiger partial charge in [-0.1, -0.05) is 12.8 Å². The minimum atomic E-state index is 0.209. The van der Waals surface area contributed by atoms with Crippen molar-refractivity contribution in [2.45, 2.75) is 45.1 Å². The lowest BCUT2D eigenvalue weighted by Gasteiger charge is -2.20. The molecule has 0 aliphatic heterocycles. The summed E-state index contributed by atoms with van der Waals surface area (Å²) in [7, 11) is 3.62. The highest BCUT2D eigenvalue weighted by Gasteiger charge is 2.20. The highest BCUT2D eigenvalue weighted by atomic mass is 16.2. The fourth-order valence-corrected chi connectivity index (χ4v) is 2.25. The van der Waals surface area contributed by atoms with E-state index in [1.807, 2.05) is 14.1 Å². The van der Waals surface area contributed by atoms with Gasteiger partial charge in [-0.25, -0.2) is 0 Å². The number of carbonyl (C=O) groups is 1. The van der Waals surface area contributed by atoms with Crippen molar-refractivity contribution in [2.75, 3.05) is 20.6 Å². The van der Waals surface area contributed by atoms with Gasteiger partial charge in [0.2, 0.25) is 5.91 Å². The average Bonchev–Trinajstić information content (AvgIpc) is 2.70. The van der Waals surface area contributed by atoms with Gasteiger partial charge in [0, 0.05) is 33.1 Å². The lowest BCUT2D eigenvalue weighted by molar-refractivity contribution is -0.128. The molecule has 15 heavy (non-hydrogen) atoms. The van der Waals surface area contributed by atoms with Crippen LogP contribution in [0.2, 0.25) is 0 Å². The van der Waals surface area contributed by atoms with Crippen LogP contribution < -0.4 is 5.32 Å². The third-order valence-corrected chi connectivity index (χ3v) is 3.41. The monoisotopic (exact) mass is 212 g/mol. The van der Waals surface area contributed by atoms with Crippen molar-refractivity contribution in [3.8, 4) is 0 Å². The molecule has 1 atom stereocenters. The van der Waals surface area contributed by atoms with Crippen LogP contribution in [0.15, 0.2) is 0 Å². The van der Waals surface area contributed by atoms with Crippen LogP contribution in [0.1, 0.15) is 39.0 Å². The molecule has 0 heterocycles. The first kappa shape index (κ1) is 12.5. The summed E-state index contributed by atoms with van der Waals surface area (Å²) in [6.07, 6.45) is 6.09. The Morgan fingerprint density at radius 1 is 1.40 bits per heavy atom. The van der Waals surface area contributed by atoms with Crippen molar-refractivity contribution in [1.82, 2.24) is 10.2 Å². The van der Waals surface area contributed by atoms with Gasteiger partial charge in [-0.05, 0) is 25.7 Å². The first-order valence-electron chi connectivity index (χ1n) is 6.05. The Morgan fingerprint density at radius 3 is 2.53 bits per heavy atom. The van der Waals surface area contributed by atoms with Crippen LogP contribution in [-0.2, 0) is 4.79 Å². The first-order valence-corrected chi connectivity index (χ1v) is 6.05. The van der Waals surface area contributed by atoms with Gasteiger partial charge >= 0.3 is 0 Å². The second kappa shape index (κ2) is 6.11. The molecule has 1 amide bonds. The van der Waals surface area contributed by atoms with Crippen LogP contribution in [0, 0.1) is 5.92 Å². The highest BCUT2D eigenvalue weighted by Crippen LogP contribution is 2.27. The Balaban J connectivity index is 2.11. The molecule has 0 aromatic carbocycles. The fraction of sp³-hybridized carbons (Fsp3) is 0.917. The maximum Gasteiger partial charge on any atom is 0.223 e. The van der Waals surface area contributed by atoms with E-state index < -0.39 is 0 Å². The molecule has 0 bridgehead atoms. The molecule has 0 radical (unpaired) electrons. The van der Waals surface area contributed by atoms with E-state index in [0.717, 1.165) is 12.5 Å². The lowest BCUT2D eigenvalue weighted by Crippen LogP contribution is -2.35. The molecular formula is C12H24N2O. The maximum absolute atomic E-state index is 11.3. The molecule has 1 aliphatic rings. The van der Waals surface area contributed by atoms with Crippen molar-refractivity contribution < 1.29 is 4.79 Å². The molecule has 0 unspecified atom stereocenters. The van der Waals surface area contributed by atoms with Crippen LogP contribution in [0.4, 0.5) is 0 Å². The minimum absolute atomic E-state index is 0.209. The number of nitrogens with one attached hydrogen (secondary N) is 1. The van der Waals surface area contributed by atoms with Crippen LogP contribution in [0.5, 0.6) is 0 Å². The van der Waals surface area contributed by atoms with Gasteiger partial charge in [-0.15, -0.1) is 0 Å². The third kappa shape index (κ3) is 4.20. The zero-order valence-electron chi connectivity index (χ0n) is 10.3. The van der Waals surface area contributed by atoms with Crippen molar-refractivity contribution in [1.29, 1.82) is 0 Å². The molecule has 1 saturated carbocycles. The summed E-state index contributed by atoms with van der Waals surface area (Å²) in [4.78, 5) is 13.0. The smallest absolute Gasteiger partial charge is 0.223 e. The van der Waals surface area contributed by atoms with Crippen LogP contribution in [0.25, 0.3) is 0 Å². The Labute approximate surface area is 93.2 Å². The van der Waals surface area contributed by atoms with E-state index in [1.54, 1.807) is 4.90 Å². The Kier molecular flexibility index (Phi) is 5.09. The average molecular weight is 212 g/mol. The number of rotatable bonds is 5. The van der Waals surface area contributed by atoms with Gasteiger partial charge in [0.05, 0.1) is 0 Å². The predicted octanol–water partition coefficient (Wildman–Crippen LogP) is 1.63. The molecule has 0 spiro atoms. The normalized spacial score (nSPS) is 19.1. The first-order chi connectivity index (χ1) is 7.11. The summed E-state index contributed by atoms with van der Waals surface area (Å²) in [5.41, 5.74) is 0. The van der Waals surface area contributed by atoms with Crippen LogP contribution >= 0.6 is 0 Å². The largest absolute Gasteiger partial charge is 0.349 e. The lowest BCUT2D eigenvalue weighted by atomic mass is 10.00. The molecular weight excluding hydrogens is 188 g/mol. The molecule has 88 valence electrons. The summed E-state index contributed by atoms with van der Waals surface area (Å²) < 4.78 is 0. The van der Waals surface area contributed by atoms with Crippen LogP contribution in [-0.4, -0.2) is 37.5 Å².